The molecule has 7 heteroatoms. The van der Waals surface area contributed by atoms with E-state index in [9.17, 15) is 19.5 Å². The number of esters is 1. The molecule has 0 bridgehead atoms. The zero-order valence-corrected chi connectivity index (χ0v) is 36.2. The highest BCUT2D eigenvalue weighted by molar-refractivity contribution is 5.83. The van der Waals surface area contributed by atoms with Crippen molar-refractivity contribution in [2.24, 2.45) is 5.73 Å². The molecule has 7 nitrogen and oxygen atoms in total. The summed E-state index contributed by atoms with van der Waals surface area (Å²) in [7, 11) is 0. The van der Waals surface area contributed by atoms with Gasteiger partial charge >= 0.3 is 11.9 Å². The van der Waals surface area contributed by atoms with Crippen LogP contribution in [0, 0.1) is 0 Å². The van der Waals surface area contributed by atoms with Gasteiger partial charge in [0.1, 0.15) is 12.1 Å². The van der Waals surface area contributed by atoms with Crippen LogP contribution >= 0.6 is 0 Å². The van der Waals surface area contributed by atoms with Crippen LogP contribution in [0.3, 0.4) is 0 Å². The highest BCUT2D eigenvalue weighted by Crippen LogP contribution is 2.16. The van der Waals surface area contributed by atoms with Crippen LogP contribution in [0.1, 0.15) is 213 Å². The highest BCUT2D eigenvalue weighted by Gasteiger charge is 2.19. The van der Waals surface area contributed by atoms with Gasteiger partial charge in [0.2, 0.25) is 5.91 Å². The van der Waals surface area contributed by atoms with Crippen LogP contribution < -0.4 is 11.1 Å². The number of carbonyl (C=O) groups excluding carboxylic acids is 2. The lowest BCUT2D eigenvalue weighted by Crippen LogP contribution is -2.40. The number of ether oxygens (including phenoxy) is 1. The van der Waals surface area contributed by atoms with Gasteiger partial charge in [-0.1, -0.05) is 165 Å². The molecule has 1 amide bonds. The van der Waals surface area contributed by atoms with Crippen molar-refractivity contribution in [2.75, 3.05) is 6.54 Å². The minimum absolute atomic E-state index is 0.0937. The van der Waals surface area contributed by atoms with Gasteiger partial charge in [0, 0.05) is 12.8 Å². The number of hydrogen-bond acceptors (Lipinski definition) is 5. The Bertz CT molecular complexity index is 1060. The molecule has 0 rings (SSSR count). The largest absolute Gasteiger partial charge is 0.480 e. The van der Waals surface area contributed by atoms with E-state index in [2.05, 4.69) is 79.9 Å². The van der Waals surface area contributed by atoms with Crippen LogP contribution in [0.5, 0.6) is 0 Å². The highest BCUT2D eigenvalue weighted by atomic mass is 16.5. The molecule has 0 heterocycles. The minimum atomic E-state index is -1.02. The Morgan fingerprint density at radius 2 is 1.04 bits per heavy atom. The van der Waals surface area contributed by atoms with Gasteiger partial charge in [-0.15, -0.1) is 0 Å². The number of carbonyl (C=O) groups is 3. The predicted molar refractivity (Wildman–Crippen MR) is 239 cm³/mol. The van der Waals surface area contributed by atoms with Crippen LogP contribution in [0.4, 0.5) is 0 Å². The molecule has 0 saturated carbocycles. The lowest BCUT2D eigenvalue weighted by Gasteiger charge is -2.15. The number of allylic oxidation sites excluding steroid dienone is 9. The van der Waals surface area contributed by atoms with E-state index in [-0.39, 0.29) is 18.0 Å². The van der Waals surface area contributed by atoms with Gasteiger partial charge in [0.05, 0.1) is 0 Å². The summed E-state index contributed by atoms with van der Waals surface area (Å²) in [5, 5.41) is 11.9. The molecule has 0 aromatic carbocycles. The minimum Gasteiger partial charge on any atom is -0.480 e. The van der Waals surface area contributed by atoms with Crippen molar-refractivity contribution >= 4 is 17.8 Å². The molecular weight excluding hydrogens is 697 g/mol. The topological polar surface area (TPSA) is 119 Å². The van der Waals surface area contributed by atoms with Crippen molar-refractivity contribution in [1.82, 2.24) is 5.32 Å². The summed E-state index contributed by atoms with van der Waals surface area (Å²) in [6.07, 6.45) is 54.3. The average Bonchev–Trinajstić information content (AvgIpc) is 3.18. The maximum absolute atomic E-state index is 12.8. The van der Waals surface area contributed by atoms with Crippen molar-refractivity contribution in [3.05, 3.63) is 60.8 Å². The summed E-state index contributed by atoms with van der Waals surface area (Å²) in [5.41, 5.74) is 5.49. The Hall–Kier alpha value is -2.93. The van der Waals surface area contributed by atoms with Crippen molar-refractivity contribution in [3.8, 4) is 0 Å². The molecule has 4 N–H and O–H groups in total. The summed E-state index contributed by atoms with van der Waals surface area (Å²) in [5.74, 6) is -1.33. The Morgan fingerprint density at radius 1 is 0.554 bits per heavy atom. The van der Waals surface area contributed by atoms with Crippen molar-refractivity contribution in [2.45, 2.75) is 225 Å². The fourth-order valence-electron chi connectivity index (χ4n) is 6.59. The fraction of sp³-hybridized carbons (Fsp3) is 0.735. The van der Waals surface area contributed by atoms with Gasteiger partial charge < -0.3 is 20.9 Å². The lowest BCUT2D eigenvalue weighted by atomic mass is 10.0. The summed E-state index contributed by atoms with van der Waals surface area (Å²) in [6.45, 7) is 4.81. The van der Waals surface area contributed by atoms with E-state index in [1.54, 1.807) is 0 Å². The van der Waals surface area contributed by atoms with Crippen LogP contribution in [0.25, 0.3) is 0 Å². The van der Waals surface area contributed by atoms with Crippen LogP contribution in [0.15, 0.2) is 60.8 Å². The number of carboxylic acid groups (broad SMARTS) is 1. The second-order valence-corrected chi connectivity index (χ2v) is 15.4. The van der Waals surface area contributed by atoms with Gasteiger partial charge in [0.15, 0.2) is 0 Å². The first-order valence-corrected chi connectivity index (χ1v) is 23.1. The number of nitrogens with one attached hydrogen (secondary N) is 1. The maximum atomic E-state index is 12.8. The number of amides is 1. The SMILES string of the molecule is CC/C=C\C/C=C\C/C=C\C/C=C\CCCCCCCCCCCCC(=O)OC(/C=C\CCCCCCCC)CCCCCCC(=O)NC(CCCN)C(=O)O. The molecule has 0 fully saturated rings. The zero-order valence-electron chi connectivity index (χ0n) is 36.2. The molecule has 0 aliphatic carbocycles. The normalized spacial score (nSPS) is 13.2. The van der Waals surface area contributed by atoms with Crippen LogP contribution in [-0.2, 0) is 19.1 Å². The van der Waals surface area contributed by atoms with Crippen LogP contribution in [-0.4, -0.2) is 41.6 Å². The molecule has 2 unspecified atom stereocenters. The van der Waals surface area contributed by atoms with E-state index >= 15 is 0 Å². The Labute approximate surface area is 344 Å². The van der Waals surface area contributed by atoms with E-state index in [1.165, 1.54) is 96.3 Å². The molecule has 0 aliphatic heterocycles. The van der Waals surface area contributed by atoms with E-state index in [1.807, 2.05) is 0 Å². The molecule has 0 aromatic rings. The molecule has 0 saturated heterocycles. The summed E-state index contributed by atoms with van der Waals surface area (Å²) in [6, 6.07) is -0.872. The fourth-order valence-corrected chi connectivity index (χ4v) is 6.59. The van der Waals surface area contributed by atoms with Gasteiger partial charge in [-0.25, -0.2) is 4.79 Å². The van der Waals surface area contributed by atoms with E-state index in [0.29, 0.717) is 38.6 Å². The number of unbranched alkanes of at least 4 members (excludes halogenated alkanes) is 19. The quantitative estimate of drug-likeness (QED) is 0.0323. The molecule has 322 valence electrons. The molecule has 56 heavy (non-hydrogen) atoms. The Balaban J connectivity index is 4.14. The summed E-state index contributed by atoms with van der Waals surface area (Å²) in [4.78, 5) is 36.4. The number of nitrogens with two attached hydrogens (primary N) is 1. The molecule has 0 aliphatic rings. The molecule has 0 radical (unpaired) electrons. The Morgan fingerprint density at radius 3 is 1.59 bits per heavy atom. The van der Waals surface area contributed by atoms with Gasteiger partial charge in [-0.3, -0.25) is 9.59 Å². The summed E-state index contributed by atoms with van der Waals surface area (Å²) < 4.78 is 5.94. The third-order valence-electron chi connectivity index (χ3n) is 10.1. The average molecular weight is 783 g/mol. The molecule has 0 spiro atoms. The number of aliphatic carboxylic acids is 1. The standard InChI is InChI=1S/C49H86N2O5/c1-3-5-7-9-11-13-14-15-16-17-18-19-20-21-22-23-24-25-26-27-29-31-37-43-48(53)56-45(39-34-30-28-12-10-8-6-4-2)40-35-32-33-36-42-47(52)51-46(49(54)55)41-38-44-50/h5,7,11,13,15-16,18-19,34,39,45-46H,3-4,6,8-10,12,14,17,20-33,35-38,40-44,50H2,1-2H3,(H,51,52)(H,54,55)/b7-5-,13-11-,16-15-,19-18-,39-34-. The van der Waals surface area contributed by atoms with Gasteiger partial charge in [-0.05, 0) is 103 Å². The number of rotatable bonds is 41. The van der Waals surface area contributed by atoms with Crippen molar-refractivity contribution in [1.29, 1.82) is 0 Å². The van der Waals surface area contributed by atoms with E-state index in [0.717, 1.165) is 70.6 Å². The first-order valence-electron chi connectivity index (χ1n) is 23.1. The van der Waals surface area contributed by atoms with Crippen molar-refractivity contribution < 1.29 is 24.2 Å². The van der Waals surface area contributed by atoms with E-state index < -0.39 is 12.0 Å². The maximum Gasteiger partial charge on any atom is 0.326 e. The number of hydrogen-bond donors (Lipinski definition) is 3. The lowest BCUT2D eigenvalue weighted by molar-refractivity contribution is -0.147. The molecular formula is C49H86N2O5. The Kier molecular flexibility index (Phi) is 40.9. The first kappa shape index (κ1) is 53.1. The van der Waals surface area contributed by atoms with Gasteiger partial charge in [-0.2, -0.15) is 0 Å². The van der Waals surface area contributed by atoms with E-state index in [4.69, 9.17) is 10.5 Å². The third kappa shape index (κ3) is 39.3. The van der Waals surface area contributed by atoms with Crippen LogP contribution in [0.2, 0.25) is 0 Å². The second-order valence-electron chi connectivity index (χ2n) is 15.4. The first-order chi connectivity index (χ1) is 27.4. The second kappa shape index (κ2) is 43.2. The third-order valence-corrected chi connectivity index (χ3v) is 10.1. The zero-order chi connectivity index (χ0) is 41.0. The summed E-state index contributed by atoms with van der Waals surface area (Å²) >= 11 is 0. The number of carboxylic acids is 1. The van der Waals surface area contributed by atoms with Crippen molar-refractivity contribution in [3.63, 3.8) is 0 Å². The smallest absolute Gasteiger partial charge is 0.326 e. The molecule has 2 atom stereocenters. The molecule has 0 aromatic heterocycles. The monoisotopic (exact) mass is 783 g/mol. The predicted octanol–water partition coefficient (Wildman–Crippen LogP) is 13.3. The van der Waals surface area contributed by atoms with Gasteiger partial charge in [0.25, 0.3) is 0 Å².